The highest BCUT2D eigenvalue weighted by atomic mass is 32.2. The number of hydrogen-bond donors (Lipinski definition) is 0. The van der Waals surface area contributed by atoms with E-state index in [2.05, 4.69) is 10.2 Å². The molecule has 1 aliphatic rings. The minimum atomic E-state index is -2.57. The lowest BCUT2D eigenvalue weighted by atomic mass is 10.2. The van der Waals surface area contributed by atoms with Crippen LogP contribution >= 0.6 is 11.8 Å². The number of aromatic nitrogens is 2. The molecule has 0 radical (unpaired) electrons. The number of carbonyl (C=O) groups excluding carboxylic acids is 1. The zero-order valence-corrected chi connectivity index (χ0v) is 14.4. The molecule has 1 aromatic heterocycles. The van der Waals surface area contributed by atoms with E-state index in [-0.39, 0.29) is 16.9 Å². The summed E-state index contributed by atoms with van der Waals surface area (Å²) in [4.78, 5) is 14.6. The largest absolute Gasteiger partial charge is 0.471 e. The number of thioether (sulfide) groups is 1. The van der Waals surface area contributed by atoms with Gasteiger partial charge in [0.1, 0.15) is 6.10 Å². The van der Waals surface area contributed by atoms with Crippen molar-refractivity contribution in [3.05, 3.63) is 47.7 Å². The number of likely N-dealkylation sites (tertiary alicyclic amines) is 1. The van der Waals surface area contributed by atoms with Gasteiger partial charge in [-0.2, -0.15) is 13.9 Å². The van der Waals surface area contributed by atoms with Gasteiger partial charge < -0.3 is 9.64 Å². The molecule has 1 aliphatic heterocycles. The average Bonchev–Trinajstić information content (AvgIpc) is 3.05. The minimum Gasteiger partial charge on any atom is -0.471 e. The number of rotatable bonds is 5. The van der Waals surface area contributed by atoms with E-state index in [4.69, 9.17) is 4.74 Å². The molecule has 1 fully saturated rings. The first kappa shape index (κ1) is 17.6. The second-order valence-electron chi connectivity index (χ2n) is 5.67. The molecule has 1 unspecified atom stereocenters. The normalized spacial score (nSPS) is 17.1. The third kappa shape index (κ3) is 4.45. The molecule has 5 nitrogen and oxygen atoms in total. The van der Waals surface area contributed by atoms with Crippen molar-refractivity contribution in [2.75, 3.05) is 13.1 Å². The molecule has 3 rings (SSSR count). The number of carbonyl (C=O) groups is 1. The van der Waals surface area contributed by atoms with Gasteiger partial charge in [-0.3, -0.25) is 4.79 Å². The van der Waals surface area contributed by atoms with Crippen LogP contribution in [0.15, 0.2) is 41.3 Å². The first-order chi connectivity index (χ1) is 12.0. The van der Waals surface area contributed by atoms with Crippen LogP contribution in [0, 0.1) is 6.92 Å². The van der Waals surface area contributed by atoms with E-state index in [0.29, 0.717) is 42.7 Å². The summed E-state index contributed by atoms with van der Waals surface area (Å²) in [6, 6.07) is 9.98. The fraction of sp³-hybridized carbons (Fsp3) is 0.353. The van der Waals surface area contributed by atoms with Gasteiger partial charge in [-0.25, -0.2) is 0 Å². The van der Waals surface area contributed by atoms with Gasteiger partial charge in [0.15, 0.2) is 0 Å². The van der Waals surface area contributed by atoms with E-state index in [1.54, 1.807) is 35.2 Å². The van der Waals surface area contributed by atoms with Crippen LogP contribution in [0.4, 0.5) is 8.78 Å². The van der Waals surface area contributed by atoms with Gasteiger partial charge >= 0.3 is 0 Å². The lowest BCUT2D eigenvalue weighted by molar-refractivity contribution is 0.0767. The molecular formula is C17H17F2N3O2S. The molecule has 0 N–H and O–H groups in total. The van der Waals surface area contributed by atoms with Crippen molar-refractivity contribution in [3.8, 4) is 5.88 Å². The maximum Gasteiger partial charge on any atom is 0.288 e. The topological polar surface area (TPSA) is 55.3 Å². The highest BCUT2D eigenvalue weighted by molar-refractivity contribution is 7.99. The number of hydrogen-bond acceptors (Lipinski definition) is 5. The molecule has 1 amide bonds. The molecular weight excluding hydrogens is 348 g/mol. The second-order valence-corrected chi connectivity index (χ2v) is 6.70. The van der Waals surface area contributed by atoms with Crippen molar-refractivity contribution in [2.45, 2.75) is 30.1 Å². The van der Waals surface area contributed by atoms with Gasteiger partial charge in [0.25, 0.3) is 11.7 Å². The number of nitrogens with zero attached hydrogens (tertiary/aromatic N) is 3. The molecule has 8 heteroatoms. The summed E-state index contributed by atoms with van der Waals surface area (Å²) in [6.07, 6.45) is 0.474. The molecule has 25 heavy (non-hydrogen) atoms. The predicted molar refractivity (Wildman–Crippen MR) is 90.0 cm³/mol. The molecule has 0 bridgehead atoms. The van der Waals surface area contributed by atoms with Crippen molar-refractivity contribution in [1.29, 1.82) is 0 Å². The standard InChI is InChI=1S/C17H17F2N3O2S/c1-11-6-7-15(21-20-11)24-12-8-9-22(10-12)16(23)13-4-2-3-5-14(13)25-17(18)19/h2-7,12,17H,8-10H2,1H3. The Kier molecular flexibility index (Phi) is 5.47. The van der Waals surface area contributed by atoms with Crippen LogP contribution in [-0.4, -0.2) is 46.0 Å². The van der Waals surface area contributed by atoms with E-state index in [1.165, 1.54) is 6.07 Å². The Labute approximate surface area is 148 Å². The molecule has 1 atom stereocenters. The fourth-order valence-corrected chi connectivity index (χ4v) is 3.27. The zero-order valence-electron chi connectivity index (χ0n) is 13.6. The Morgan fingerprint density at radius 3 is 2.80 bits per heavy atom. The summed E-state index contributed by atoms with van der Waals surface area (Å²) in [7, 11) is 0. The maximum absolute atomic E-state index is 12.7. The fourth-order valence-electron chi connectivity index (χ4n) is 2.64. The molecule has 132 valence electrons. The Morgan fingerprint density at radius 2 is 2.08 bits per heavy atom. The van der Waals surface area contributed by atoms with Crippen molar-refractivity contribution in [1.82, 2.24) is 15.1 Å². The summed E-state index contributed by atoms with van der Waals surface area (Å²) in [5.41, 5.74) is 1.09. The van der Waals surface area contributed by atoms with E-state index in [0.717, 1.165) is 5.69 Å². The van der Waals surface area contributed by atoms with Crippen LogP contribution < -0.4 is 4.74 Å². The Hall–Kier alpha value is -2.22. The van der Waals surface area contributed by atoms with Gasteiger partial charge in [-0.05, 0) is 25.1 Å². The number of halogens is 2. The van der Waals surface area contributed by atoms with Crippen LogP contribution in [-0.2, 0) is 0 Å². The molecule has 1 aromatic carbocycles. The summed E-state index contributed by atoms with van der Waals surface area (Å²) in [6.45, 7) is 2.74. The molecule has 0 saturated carbocycles. The molecule has 2 heterocycles. The maximum atomic E-state index is 12.7. The van der Waals surface area contributed by atoms with Crippen LogP contribution in [0.1, 0.15) is 22.5 Å². The van der Waals surface area contributed by atoms with Crippen LogP contribution in [0.5, 0.6) is 5.88 Å². The third-order valence-electron chi connectivity index (χ3n) is 3.83. The third-order valence-corrected chi connectivity index (χ3v) is 4.61. The Bertz CT molecular complexity index is 743. The van der Waals surface area contributed by atoms with E-state index in [1.807, 2.05) is 6.92 Å². The Balaban J connectivity index is 1.65. The monoisotopic (exact) mass is 365 g/mol. The predicted octanol–water partition coefficient (Wildman–Crippen LogP) is 3.39. The SMILES string of the molecule is Cc1ccc(OC2CCN(C(=O)c3ccccc3SC(F)F)C2)nn1. The van der Waals surface area contributed by atoms with Gasteiger partial charge in [0.05, 0.1) is 17.8 Å². The van der Waals surface area contributed by atoms with Crippen molar-refractivity contribution >= 4 is 17.7 Å². The van der Waals surface area contributed by atoms with E-state index in [9.17, 15) is 13.6 Å². The molecule has 2 aromatic rings. The van der Waals surface area contributed by atoms with Crippen LogP contribution in [0.25, 0.3) is 0 Å². The molecule has 1 saturated heterocycles. The summed E-state index contributed by atoms with van der Waals surface area (Å²) in [5, 5.41) is 7.89. The first-order valence-electron chi connectivity index (χ1n) is 7.83. The van der Waals surface area contributed by atoms with Gasteiger partial charge in [0, 0.05) is 23.9 Å². The van der Waals surface area contributed by atoms with Crippen molar-refractivity contribution < 1.29 is 18.3 Å². The number of benzene rings is 1. The number of alkyl halides is 2. The number of aryl methyl sites for hydroxylation is 1. The van der Waals surface area contributed by atoms with Crippen LogP contribution in [0.2, 0.25) is 0 Å². The number of ether oxygens (including phenoxy) is 1. The minimum absolute atomic E-state index is 0.184. The van der Waals surface area contributed by atoms with Crippen molar-refractivity contribution in [3.63, 3.8) is 0 Å². The van der Waals surface area contributed by atoms with Gasteiger partial charge in [-0.1, -0.05) is 23.9 Å². The lowest BCUT2D eigenvalue weighted by Gasteiger charge is -2.18. The van der Waals surface area contributed by atoms with E-state index >= 15 is 0 Å². The average molecular weight is 365 g/mol. The highest BCUT2D eigenvalue weighted by Gasteiger charge is 2.30. The van der Waals surface area contributed by atoms with Gasteiger partial charge in [0.2, 0.25) is 5.88 Å². The highest BCUT2D eigenvalue weighted by Crippen LogP contribution is 2.30. The Morgan fingerprint density at radius 1 is 1.28 bits per heavy atom. The van der Waals surface area contributed by atoms with E-state index < -0.39 is 5.76 Å². The molecule has 0 spiro atoms. The summed E-state index contributed by atoms with van der Waals surface area (Å²) < 4.78 is 31.1. The number of amides is 1. The second kappa shape index (κ2) is 7.77. The quantitative estimate of drug-likeness (QED) is 0.760. The summed E-state index contributed by atoms with van der Waals surface area (Å²) >= 11 is 0.387. The smallest absolute Gasteiger partial charge is 0.288 e. The molecule has 0 aliphatic carbocycles. The zero-order chi connectivity index (χ0) is 17.8. The van der Waals surface area contributed by atoms with Gasteiger partial charge in [-0.15, -0.1) is 5.10 Å². The first-order valence-corrected chi connectivity index (χ1v) is 8.71. The van der Waals surface area contributed by atoms with Crippen LogP contribution in [0.3, 0.4) is 0 Å². The van der Waals surface area contributed by atoms with Crippen molar-refractivity contribution in [2.24, 2.45) is 0 Å². The summed E-state index contributed by atoms with van der Waals surface area (Å²) in [5.74, 6) is -2.41. The lowest BCUT2D eigenvalue weighted by Crippen LogP contribution is -2.31.